The largest absolute Gasteiger partial charge is 0.493 e. The summed E-state index contributed by atoms with van der Waals surface area (Å²) >= 11 is 0. The van der Waals surface area contributed by atoms with Gasteiger partial charge in [0.05, 0.1) is 33.8 Å². The number of fused-ring (bicyclic) bond motifs is 1. The van der Waals surface area contributed by atoms with Gasteiger partial charge in [-0.25, -0.2) is 0 Å². The predicted octanol–water partition coefficient (Wildman–Crippen LogP) is 3.51. The zero-order valence-electron chi connectivity index (χ0n) is 19.4. The summed E-state index contributed by atoms with van der Waals surface area (Å²) in [5, 5.41) is 2.93. The third-order valence-corrected chi connectivity index (χ3v) is 5.89. The molecule has 34 heavy (non-hydrogen) atoms. The lowest BCUT2D eigenvalue weighted by Gasteiger charge is -2.29. The minimum Gasteiger partial charge on any atom is -0.493 e. The first-order valence-electron chi connectivity index (χ1n) is 10.9. The van der Waals surface area contributed by atoms with Crippen molar-refractivity contribution in [1.82, 2.24) is 15.2 Å². The van der Waals surface area contributed by atoms with Crippen molar-refractivity contribution in [2.45, 2.75) is 25.6 Å². The Morgan fingerprint density at radius 3 is 2.41 bits per heavy atom. The summed E-state index contributed by atoms with van der Waals surface area (Å²) in [4.78, 5) is 32.1. The van der Waals surface area contributed by atoms with Crippen molar-refractivity contribution in [2.75, 3.05) is 21.3 Å². The Kier molecular flexibility index (Phi) is 6.96. The van der Waals surface area contributed by atoms with Crippen LogP contribution in [0.25, 0.3) is 0 Å². The van der Waals surface area contributed by atoms with Crippen molar-refractivity contribution >= 4 is 11.8 Å². The van der Waals surface area contributed by atoms with Gasteiger partial charge in [0.2, 0.25) is 11.7 Å². The molecule has 0 bridgehead atoms. The fraction of sp³-hybridized carbons (Fsp3) is 0.269. The van der Waals surface area contributed by atoms with Gasteiger partial charge in [0.1, 0.15) is 0 Å². The standard InChI is InChI=1S/C26H27N3O5/c1-32-22-11-19(12-23(33-2)25(22)34-3)21(13-24(30)28-15-17-7-6-10-27-14-17)29-16-18-8-4-5-9-20(18)26(29)31/h4-12,14,21H,13,15-16H2,1-3H3,(H,28,30)/t21-/m0/s1. The molecular formula is C26H27N3O5. The van der Waals surface area contributed by atoms with E-state index in [0.29, 0.717) is 41.5 Å². The van der Waals surface area contributed by atoms with Gasteiger partial charge >= 0.3 is 0 Å². The van der Waals surface area contributed by atoms with Crippen molar-refractivity contribution in [1.29, 1.82) is 0 Å². The van der Waals surface area contributed by atoms with Gasteiger partial charge in [0.15, 0.2) is 11.5 Å². The monoisotopic (exact) mass is 461 g/mol. The maximum Gasteiger partial charge on any atom is 0.255 e. The van der Waals surface area contributed by atoms with E-state index in [2.05, 4.69) is 10.3 Å². The Bertz CT molecular complexity index is 1160. The lowest BCUT2D eigenvalue weighted by Crippen LogP contribution is -2.34. The van der Waals surface area contributed by atoms with Gasteiger partial charge in [0, 0.05) is 31.0 Å². The van der Waals surface area contributed by atoms with Crippen LogP contribution in [0.3, 0.4) is 0 Å². The number of carbonyl (C=O) groups excluding carboxylic acids is 2. The summed E-state index contributed by atoms with van der Waals surface area (Å²) in [5.41, 5.74) is 3.19. The molecule has 0 fully saturated rings. The van der Waals surface area contributed by atoms with Crippen LogP contribution >= 0.6 is 0 Å². The first-order valence-corrected chi connectivity index (χ1v) is 10.9. The average molecular weight is 462 g/mol. The molecule has 3 aromatic rings. The number of methoxy groups -OCH3 is 3. The Morgan fingerprint density at radius 2 is 1.79 bits per heavy atom. The molecule has 1 aliphatic heterocycles. The zero-order valence-corrected chi connectivity index (χ0v) is 19.4. The molecule has 1 N–H and O–H groups in total. The summed E-state index contributed by atoms with van der Waals surface area (Å²) in [6.45, 7) is 0.759. The van der Waals surface area contributed by atoms with Crippen molar-refractivity contribution in [3.05, 3.63) is 83.2 Å². The Labute approximate surface area is 198 Å². The molecule has 0 saturated heterocycles. The summed E-state index contributed by atoms with van der Waals surface area (Å²) in [6, 6.07) is 14.2. The number of amides is 2. The van der Waals surface area contributed by atoms with E-state index >= 15 is 0 Å². The second-order valence-electron chi connectivity index (χ2n) is 7.91. The fourth-order valence-electron chi connectivity index (χ4n) is 4.18. The van der Waals surface area contributed by atoms with Crippen LogP contribution in [0.4, 0.5) is 0 Å². The number of benzene rings is 2. The lowest BCUT2D eigenvalue weighted by molar-refractivity contribution is -0.122. The highest BCUT2D eigenvalue weighted by Crippen LogP contribution is 2.42. The van der Waals surface area contributed by atoms with Crippen LogP contribution in [0.1, 0.15) is 39.5 Å². The van der Waals surface area contributed by atoms with Gasteiger partial charge in [-0.05, 0) is 41.0 Å². The lowest BCUT2D eigenvalue weighted by atomic mass is 10.00. The first kappa shape index (κ1) is 23.1. The second kappa shape index (κ2) is 10.2. The van der Waals surface area contributed by atoms with E-state index in [1.165, 1.54) is 21.3 Å². The SMILES string of the molecule is COc1cc([C@H](CC(=O)NCc2cccnc2)N2Cc3ccccc3C2=O)cc(OC)c1OC. The van der Waals surface area contributed by atoms with E-state index in [1.54, 1.807) is 29.4 Å². The van der Waals surface area contributed by atoms with Crippen LogP contribution in [0.15, 0.2) is 60.9 Å². The summed E-state index contributed by atoms with van der Waals surface area (Å²) < 4.78 is 16.5. The molecule has 1 aromatic heterocycles. The molecule has 1 aliphatic rings. The molecule has 0 unspecified atom stereocenters. The number of hydrogen-bond acceptors (Lipinski definition) is 6. The fourth-order valence-corrected chi connectivity index (χ4v) is 4.18. The van der Waals surface area contributed by atoms with Gasteiger partial charge in [-0.2, -0.15) is 0 Å². The van der Waals surface area contributed by atoms with E-state index in [9.17, 15) is 9.59 Å². The molecule has 176 valence electrons. The topological polar surface area (TPSA) is 90.0 Å². The van der Waals surface area contributed by atoms with Crippen LogP contribution in [0, 0.1) is 0 Å². The highest BCUT2D eigenvalue weighted by Gasteiger charge is 2.35. The van der Waals surface area contributed by atoms with Crippen LogP contribution in [-0.4, -0.2) is 43.0 Å². The maximum atomic E-state index is 13.3. The molecule has 1 atom stereocenters. The molecule has 0 saturated carbocycles. The Hall–Kier alpha value is -4.07. The van der Waals surface area contributed by atoms with E-state index in [1.807, 2.05) is 36.4 Å². The van der Waals surface area contributed by atoms with Crippen molar-refractivity contribution in [3.8, 4) is 17.2 Å². The Morgan fingerprint density at radius 1 is 1.06 bits per heavy atom. The number of rotatable bonds is 9. The number of nitrogens with zero attached hydrogens (tertiary/aromatic N) is 2. The van der Waals surface area contributed by atoms with Gasteiger partial charge in [0.25, 0.3) is 5.91 Å². The smallest absolute Gasteiger partial charge is 0.255 e. The molecular weight excluding hydrogens is 434 g/mol. The Balaban J connectivity index is 1.66. The molecule has 2 amide bonds. The summed E-state index contributed by atoms with van der Waals surface area (Å²) in [6.07, 6.45) is 3.46. The summed E-state index contributed by atoms with van der Waals surface area (Å²) in [5.74, 6) is 1.06. The number of pyridine rings is 1. The minimum atomic E-state index is -0.539. The number of nitrogens with one attached hydrogen (secondary N) is 1. The first-order chi connectivity index (χ1) is 16.5. The van der Waals surface area contributed by atoms with E-state index in [0.717, 1.165) is 11.1 Å². The molecule has 4 rings (SSSR count). The normalized spacial score (nSPS) is 13.3. The van der Waals surface area contributed by atoms with Gasteiger partial charge in [-0.15, -0.1) is 0 Å². The number of hydrogen-bond donors (Lipinski definition) is 1. The quantitative estimate of drug-likeness (QED) is 0.525. The summed E-state index contributed by atoms with van der Waals surface area (Å²) in [7, 11) is 4.60. The van der Waals surface area contributed by atoms with Crippen LogP contribution < -0.4 is 19.5 Å². The van der Waals surface area contributed by atoms with Crippen LogP contribution in [0.2, 0.25) is 0 Å². The van der Waals surface area contributed by atoms with Gasteiger partial charge < -0.3 is 24.4 Å². The second-order valence-corrected chi connectivity index (χ2v) is 7.91. The van der Waals surface area contributed by atoms with Gasteiger partial charge in [-0.3, -0.25) is 14.6 Å². The zero-order chi connectivity index (χ0) is 24.1. The molecule has 0 spiro atoms. The van der Waals surface area contributed by atoms with Crippen LogP contribution in [0.5, 0.6) is 17.2 Å². The number of carbonyl (C=O) groups is 2. The third-order valence-electron chi connectivity index (χ3n) is 5.89. The minimum absolute atomic E-state index is 0.0681. The van der Waals surface area contributed by atoms with Crippen LogP contribution in [-0.2, 0) is 17.9 Å². The maximum absolute atomic E-state index is 13.3. The molecule has 2 heterocycles. The third kappa shape index (κ3) is 4.66. The van der Waals surface area contributed by atoms with E-state index in [-0.39, 0.29) is 18.2 Å². The molecule has 8 nitrogen and oxygen atoms in total. The molecule has 8 heteroatoms. The predicted molar refractivity (Wildman–Crippen MR) is 126 cm³/mol. The highest BCUT2D eigenvalue weighted by atomic mass is 16.5. The molecule has 0 radical (unpaired) electrons. The molecule has 0 aliphatic carbocycles. The van der Waals surface area contributed by atoms with Crippen molar-refractivity contribution in [3.63, 3.8) is 0 Å². The highest BCUT2D eigenvalue weighted by molar-refractivity contribution is 5.99. The van der Waals surface area contributed by atoms with E-state index in [4.69, 9.17) is 14.2 Å². The van der Waals surface area contributed by atoms with Crippen molar-refractivity contribution < 1.29 is 23.8 Å². The van der Waals surface area contributed by atoms with Crippen molar-refractivity contribution in [2.24, 2.45) is 0 Å². The van der Waals surface area contributed by atoms with E-state index < -0.39 is 6.04 Å². The van der Waals surface area contributed by atoms with Gasteiger partial charge in [-0.1, -0.05) is 24.3 Å². The number of ether oxygens (including phenoxy) is 3. The average Bonchev–Trinajstić information content (AvgIpc) is 3.21. The number of aromatic nitrogens is 1. The molecule has 2 aromatic carbocycles.